The molecule has 5 N–H and O–H groups in total. The van der Waals surface area contributed by atoms with Crippen LogP contribution in [0.25, 0.3) is 11.2 Å². The lowest BCUT2D eigenvalue weighted by atomic mass is 10.1. The van der Waals surface area contributed by atoms with E-state index < -0.39 is 36.1 Å². The van der Waals surface area contributed by atoms with E-state index in [-0.39, 0.29) is 11.6 Å². The fourth-order valence-electron chi connectivity index (χ4n) is 3.17. The number of fused-ring (bicyclic) bond motifs is 1. The lowest BCUT2D eigenvalue weighted by Gasteiger charge is -2.16. The second-order valence-corrected chi connectivity index (χ2v) is 7.62. The molecule has 13 heteroatoms. The zero-order valence-electron chi connectivity index (χ0n) is 15.4. The number of aliphatic hydroxyl groups excluding tert-OH is 3. The van der Waals surface area contributed by atoms with Crippen molar-refractivity contribution in [1.29, 1.82) is 0 Å². The van der Waals surface area contributed by atoms with Crippen molar-refractivity contribution in [2.24, 2.45) is 0 Å². The molecular formula is C17H18N6O6S. The number of imidazole rings is 1. The largest absolute Gasteiger partial charge is 0.394 e. The van der Waals surface area contributed by atoms with Crippen LogP contribution in [0.5, 0.6) is 0 Å². The molecule has 1 saturated heterocycles. The first-order valence-corrected chi connectivity index (χ1v) is 9.86. The van der Waals surface area contributed by atoms with Gasteiger partial charge in [-0.3, -0.25) is 14.7 Å². The zero-order valence-corrected chi connectivity index (χ0v) is 16.2. The Morgan fingerprint density at radius 3 is 2.60 bits per heavy atom. The van der Waals surface area contributed by atoms with Crippen LogP contribution < -0.4 is 5.73 Å². The molecule has 30 heavy (non-hydrogen) atoms. The maximum atomic E-state index is 10.8. The van der Waals surface area contributed by atoms with Crippen LogP contribution in [0.2, 0.25) is 0 Å². The highest BCUT2D eigenvalue weighted by atomic mass is 32.2. The number of rotatable bonds is 6. The van der Waals surface area contributed by atoms with Crippen molar-refractivity contribution in [3.63, 3.8) is 0 Å². The molecule has 1 aromatic carbocycles. The number of non-ortho nitro benzene ring substituents is 1. The van der Waals surface area contributed by atoms with Gasteiger partial charge in [0.25, 0.3) is 5.69 Å². The van der Waals surface area contributed by atoms with Crippen LogP contribution in [0.15, 0.2) is 35.6 Å². The van der Waals surface area contributed by atoms with Gasteiger partial charge in [-0.05, 0) is 5.56 Å². The Morgan fingerprint density at radius 2 is 1.97 bits per heavy atom. The highest BCUT2D eigenvalue weighted by molar-refractivity contribution is 7.98. The predicted molar refractivity (Wildman–Crippen MR) is 105 cm³/mol. The van der Waals surface area contributed by atoms with Crippen molar-refractivity contribution >= 4 is 34.6 Å². The Kier molecular flexibility index (Phi) is 5.53. The molecule has 0 aliphatic carbocycles. The van der Waals surface area contributed by atoms with Gasteiger partial charge in [0.1, 0.15) is 28.9 Å². The second-order valence-electron chi connectivity index (χ2n) is 6.65. The summed E-state index contributed by atoms with van der Waals surface area (Å²) in [6.45, 7) is -0.450. The van der Waals surface area contributed by atoms with Crippen molar-refractivity contribution in [2.75, 3.05) is 12.3 Å². The van der Waals surface area contributed by atoms with Crippen molar-refractivity contribution in [3.8, 4) is 0 Å². The topological polar surface area (TPSA) is 183 Å². The summed E-state index contributed by atoms with van der Waals surface area (Å²) in [6.07, 6.45) is -3.07. The molecule has 1 fully saturated rings. The van der Waals surface area contributed by atoms with E-state index in [0.717, 1.165) is 5.56 Å². The number of hydrogen-bond acceptors (Lipinski definition) is 11. The number of anilines is 1. The second kappa shape index (κ2) is 8.12. The third-order valence-corrected chi connectivity index (χ3v) is 5.76. The molecule has 2 aromatic heterocycles. The van der Waals surface area contributed by atoms with Gasteiger partial charge < -0.3 is 25.8 Å². The Morgan fingerprint density at radius 1 is 1.23 bits per heavy atom. The number of aliphatic hydroxyl groups is 3. The van der Waals surface area contributed by atoms with Crippen molar-refractivity contribution < 1.29 is 25.0 Å². The molecule has 3 heterocycles. The van der Waals surface area contributed by atoms with Crippen LogP contribution in [-0.2, 0) is 10.5 Å². The van der Waals surface area contributed by atoms with Crippen LogP contribution >= 0.6 is 11.8 Å². The Labute approximate surface area is 173 Å². The molecule has 0 radical (unpaired) electrons. The van der Waals surface area contributed by atoms with Crippen molar-refractivity contribution in [1.82, 2.24) is 19.5 Å². The lowest BCUT2D eigenvalue weighted by Crippen LogP contribution is -2.33. The number of benzene rings is 1. The maximum Gasteiger partial charge on any atom is 0.269 e. The smallest absolute Gasteiger partial charge is 0.269 e. The normalized spacial score (nSPS) is 23.8. The number of nitro groups is 1. The molecule has 3 aromatic rings. The van der Waals surface area contributed by atoms with E-state index >= 15 is 0 Å². The summed E-state index contributed by atoms with van der Waals surface area (Å²) >= 11 is 1.32. The van der Waals surface area contributed by atoms with E-state index in [1.807, 2.05) is 0 Å². The van der Waals surface area contributed by atoms with Crippen molar-refractivity contribution in [2.45, 2.75) is 35.3 Å². The van der Waals surface area contributed by atoms with Gasteiger partial charge in [0.05, 0.1) is 17.9 Å². The number of aromatic nitrogens is 4. The SMILES string of the molecule is Nc1nc(SCc2ccc([N+](=O)[O-])cc2)c2ncn([C@@H]3O[C@@H](CO)[C@@H](O)[C@@H]3O)c2n1. The van der Waals surface area contributed by atoms with E-state index in [1.165, 1.54) is 34.8 Å². The van der Waals surface area contributed by atoms with E-state index in [4.69, 9.17) is 10.5 Å². The monoisotopic (exact) mass is 434 g/mol. The molecule has 0 saturated carbocycles. The highest BCUT2D eigenvalue weighted by Gasteiger charge is 2.44. The summed E-state index contributed by atoms with van der Waals surface area (Å²) in [5.41, 5.74) is 7.43. The van der Waals surface area contributed by atoms with Gasteiger partial charge in [0, 0.05) is 17.9 Å². The molecule has 12 nitrogen and oxygen atoms in total. The molecule has 1 aliphatic heterocycles. The summed E-state index contributed by atoms with van der Waals surface area (Å²) in [5, 5.41) is 40.8. The lowest BCUT2D eigenvalue weighted by molar-refractivity contribution is -0.384. The van der Waals surface area contributed by atoms with Crippen LogP contribution in [0.3, 0.4) is 0 Å². The molecule has 0 spiro atoms. The molecule has 0 bridgehead atoms. The standard InChI is InChI=1S/C17H18N6O6S/c18-17-20-14-11(19-7-22(14)16-13(26)12(25)10(5-24)29-16)15(21-17)30-6-8-1-3-9(4-2-8)23(27)28/h1-4,7,10,12-13,16,24-26H,5-6H2,(H2,18,20,21)/t10-,12+,13-,16+/m0/s1. The van der Waals surface area contributed by atoms with Crippen LogP contribution in [-0.4, -0.2) is 64.7 Å². The number of nitro benzene ring substituents is 1. The van der Waals surface area contributed by atoms with Gasteiger partial charge in [-0.15, -0.1) is 0 Å². The summed E-state index contributed by atoms with van der Waals surface area (Å²) < 4.78 is 6.97. The zero-order chi connectivity index (χ0) is 21.4. The molecule has 158 valence electrons. The average molecular weight is 434 g/mol. The third-order valence-electron chi connectivity index (χ3n) is 4.72. The number of ether oxygens (including phenoxy) is 1. The Balaban J connectivity index is 1.60. The Bertz CT molecular complexity index is 1080. The highest BCUT2D eigenvalue weighted by Crippen LogP contribution is 2.34. The number of nitrogen functional groups attached to an aromatic ring is 1. The molecule has 0 amide bonds. The molecule has 4 rings (SSSR count). The third kappa shape index (κ3) is 3.68. The minimum Gasteiger partial charge on any atom is -0.394 e. The van der Waals surface area contributed by atoms with E-state index in [2.05, 4.69) is 15.0 Å². The van der Waals surface area contributed by atoms with Gasteiger partial charge in [0.2, 0.25) is 5.95 Å². The first-order chi connectivity index (χ1) is 14.4. The van der Waals surface area contributed by atoms with Gasteiger partial charge in [0.15, 0.2) is 11.9 Å². The van der Waals surface area contributed by atoms with Gasteiger partial charge >= 0.3 is 0 Å². The number of thioether (sulfide) groups is 1. The van der Waals surface area contributed by atoms with Gasteiger partial charge in [-0.25, -0.2) is 9.97 Å². The van der Waals surface area contributed by atoms with Gasteiger partial charge in [-0.1, -0.05) is 23.9 Å². The van der Waals surface area contributed by atoms with Crippen LogP contribution in [0.4, 0.5) is 11.6 Å². The molecule has 0 unspecified atom stereocenters. The summed E-state index contributed by atoms with van der Waals surface area (Å²) in [7, 11) is 0. The number of nitrogens with two attached hydrogens (primary N) is 1. The minimum absolute atomic E-state index is 0.00894. The fraction of sp³-hybridized carbons (Fsp3) is 0.353. The number of nitrogens with zero attached hydrogens (tertiary/aromatic N) is 5. The van der Waals surface area contributed by atoms with Crippen LogP contribution in [0, 0.1) is 10.1 Å². The molecule has 4 atom stereocenters. The van der Waals surface area contributed by atoms with E-state index in [1.54, 1.807) is 12.1 Å². The minimum atomic E-state index is -1.29. The van der Waals surface area contributed by atoms with E-state index in [9.17, 15) is 25.4 Å². The maximum absolute atomic E-state index is 10.8. The molecule has 1 aliphatic rings. The van der Waals surface area contributed by atoms with Gasteiger partial charge in [-0.2, -0.15) is 4.98 Å². The summed E-state index contributed by atoms with van der Waals surface area (Å²) in [4.78, 5) is 23.0. The molecular weight excluding hydrogens is 416 g/mol. The average Bonchev–Trinajstić information content (AvgIpc) is 3.27. The first-order valence-electron chi connectivity index (χ1n) is 8.87. The summed E-state index contributed by atoms with van der Waals surface area (Å²) in [6, 6.07) is 6.17. The van der Waals surface area contributed by atoms with Crippen molar-refractivity contribution in [3.05, 3.63) is 46.3 Å². The van der Waals surface area contributed by atoms with Crippen LogP contribution in [0.1, 0.15) is 11.8 Å². The summed E-state index contributed by atoms with van der Waals surface area (Å²) in [5.74, 6) is 0.451. The Hall–Kier alpha value is -2.84. The fourth-order valence-corrected chi connectivity index (χ4v) is 4.10. The van der Waals surface area contributed by atoms with E-state index in [0.29, 0.717) is 21.9 Å². The number of hydrogen-bond donors (Lipinski definition) is 4. The first kappa shape index (κ1) is 20.4. The predicted octanol–water partition coefficient (Wildman–Crippen LogP) is 0.220. The quantitative estimate of drug-likeness (QED) is 0.180.